The Morgan fingerprint density at radius 2 is 2.17 bits per heavy atom. The van der Waals surface area contributed by atoms with Crippen LogP contribution in [0.1, 0.15) is 6.42 Å². The van der Waals surface area contributed by atoms with E-state index >= 15 is 0 Å². The third-order valence-corrected chi connectivity index (χ3v) is 2.14. The molecule has 0 aliphatic carbocycles. The Labute approximate surface area is 70.8 Å². The number of likely N-dealkylation sites (N-methyl/N-ethyl adjacent to an activating group) is 1. The highest BCUT2D eigenvalue weighted by Gasteiger charge is 2.35. The number of carbonyl (C=O) groups excluding carboxylic acids is 1. The average molecular weight is 174 g/mol. The number of amides is 1. The fraction of sp³-hybridized carbons (Fsp3) is 0.857. The number of nitrogens with two attached hydrogens (primary N) is 1. The zero-order valence-electron chi connectivity index (χ0n) is 6.97. The highest BCUT2D eigenvalue weighted by molar-refractivity contribution is 5.80. The molecule has 1 rings (SSSR count). The normalized spacial score (nSPS) is 38.1. The number of rotatable bonds is 1. The molecule has 5 heteroatoms. The molecular formula is C7H14N2O3. The molecule has 1 amide bonds. The van der Waals surface area contributed by atoms with Crippen LogP contribution in [0.25, 0.3) is 0 Å². The third-order valence-electron chi connectivity index (χ3n) is 2.14. The lowest BCUT2D eigenvalue weighted by Crippen LogP contribution is -2.57. The zero-order chi connectivity index (χ0) is 9.30. The molecule has 1 heterocycles. The summed E-state index contributed by atoms with van der Waals surface area (Å²) in [6, 6.07) is -0.659. The van der Waals surface area contributed by atoms with Crippen molar-refractivity contribution < 1.29 is 15.0 Å². The van der Waals surface area contributed by atoms with Gasteiger partial charge in [-0.05, 0) is 7.05 Å². The average Bonchev–Trinajstić information content (AvgIpc) is 1.82. The van der Waals surface area contributed by atoms with Crippen LogP contribution in [0.15, 0.2) is 0 Å². The summed E-state index contributed by atoms with van der Waals surface area (Å²) in [4.78, 5) is 12.4. The molecule has 12 heavy (non-hydrogen) atoms. The predicted octanol–water partition coefficient (Wildman–Crippen LogP) is -2.10. The molecule has 1 aliphatic heterocycles. The molecule has 70 valence electrons. The second-order valence-electron chi connectivity index (χ2n) is 3.24. The van der Waals surface area contributed by atoms with Crippen molar-refractivity contribution in [1.82, 2.24) is 4.90 Å². The van der Waals surface area contributed by atoms with Crippen LogP contribution in [-0.4, -0.2) is 52.9 Å². The van der Waals surface area contributed by atoms with Crippen molar-refractivity contribution in [3.05, 3.63) is 0 Å². The van der Waals surface area contributed by atoms with E-state index in [-0.39, 0.29) is 6.42 Å². The Hall–Kier alpha value is -0.650. The van der Waals surface area contributed by atoms with E-state index in [2.05, 4.69) is 0 Å². The van der Waals surface area contributed by atoms with Gasteiger partial charge < -0.3 is 15.9 Å². The molecule has 3 unspecified atom stereocenters. The second-order valence-corrected chi connectivity index (χ2v) is 3.24. The summed E-state index contributed by atoms with van der Waals surface area (Å²) in [5.41, 5.74) is 5.07. The Morgan fingerprint density at radius 3 is 2.58 bits per heavy atom. The van der Waals surface area contributed by atoms with Gasteiger partial charge in [-0.25, -0.2) is 0 Å². The summed E-state index contributed by atoms with van der Waals surface area (Å²) in [5.74, 6) is -0.545. The molecule has 0 aromatic heterocycles. The summed E-state index contributed by atoms with van der Waals surface area (Å²) in [5, 5.41) is 18.6. The molecule has 1 aliphatic rings. The Balaban J connectivity index is 2.66. The lowest BCUT2D eigenvalue weighted by Gasteiger charge is -2.36. The molecule has 0 saturated carbocycles. The van der Waals surface area contributed by atoms with Crippen LogP contribution >= 0.6 is 0 Å². The molecule has 1 saturated heterocycles. The largest absolute Gasteiger partial charge is 0.392 e. The van der Waals surface area contributed by atoms with Crippen molar-refractivity contribution in [3.63, 3.8) is 0 Å². The fourth-order valence-corrected chi connectivity index (χ4v) is 1.63. The van der Waals surface area contributed by atoms with E-state index in [9.17, 15) is 15.0 Å². The molecule has 5 nitrogen and oxygen atoms in total. The molecule has 0 spiro atoms. The number of aliphatic hydroxyl groups is 2. The molecule has 0 aromatic carbocycles. The van der Waals surface area contributed by atoms with Gasteiger partial charge in [0.15, 0.2) is 0 Å². The van der Waals surface area contributed by atoms with Crippen LogP contribution in [0.3, 0.4) is 0 Å². The molecular weight excluding hydrogens is 160 g/mol. The van der Waals surface area contributed by atoms with Gasteiger partial charge in [-0.2, -0.15) is 0 Å². The van der Waals surface area contributed by atoms with E-state index in [0.717, 1.165) is 0 Å². The quantitative estimate of drug-likeness (QED) is 0.425. The van der Waals surface area contributed by atoms with Crippen LogP contribution in [0.4, 0.5) is 0 Å². The Morgan fingerprint density at radius 1 is 1.58 bits per heavy atom. The first-order valence-electron chi connectivity index (χ1n) is 3.88. The minimum absolute atomic E-state index is 0.220. The van der Waals surface area contributed by atoms with Gasteiger partial charge in [0.1, 0.15) is 6.04 Å². The van der Waals surface area contributed by atoms with Crippen molar-refractivity contribution in [2.45, 2.75) is 24.7 Å². The van der Waals surface area contributed by atoms with Gasteiger partial charge in [0, 0.05) is 13.0 Å². The Bertz CT molecular complexity index is 173. The summed E-state index contributed by atoms with van der Waals surface area (Å²) < 4.78 is 0. The van der Waals surface area contributed by atoms with E-state index < -0.39 is 24.2 Å². The van der Waals surface area contributed by atoms with Gasteiger partial charge in [-0.3, -0.25) is 9.69 Å². The van der Waals surface area contributed by atoms with E-state index in [1.807, 2.05) is 0 Å². The number of primary amides is 1. The van der Waals surface area contributed by atoms with Gasteiger partial charge >= 0.3 is 0 Å². The lowest BCUT2D eigenvalue weighted by molar-refractivity contribution is -0.131. The van der Waals surface area contributed by atoms with Gasteiger partial charge in [-0.1, -0.05) is 0 Å². The predicted molar refractivity (Wildman–Crippen MR) is 42.2 cm³/mol. The van der Waals surface area contributed by atoms with E-state index in [1.54, 1.807) is 11.9 Å². The maximum absolute atomic E-state index is 10.8. The molecule has 0 bridgehead atoms. The van der Waals surface area contributed by atoms with Crippen molar-refractivity contribution in [2.24, 2.45) is 5.73 Å². The standard InChI is InChI=1S/C7H14N2O3/c1-9-3-4(10)2-5(11)6(9)7(8)12/h4-6,10-11H,2-3H2,1H3,(H2,8,12). The van der Waals surface area contributed by atoms with Crippen molar-refractivity contribution in [1.29, 1.82) is 0 Å². The van der Waals surface area contributed by atoms with Gasteiger partial charge in [-0.15, -0.1) is 0 Å². The summed E-state index contributed by atoms with van der Waals surface area (Å²) in [7, 11) is 1.65. The minimum Gasteiger partial charge on any atom is -0.392 e. The third kappa shape index (κ3) is 1.74. The zero-order valence-corrected chi connectivity index (χ0v) is 6.97. The molecule has 1 fully saturated rings. The minimum atomic E-state index is -0.851. The number of carbonyl (C=O) groups is 1. The molecule has 4 N–H and O–H groups in total. The summed E-state index contributed by atoms with van der Waals surface area (Å²) >= 11 is 0. The molecule has 3 atom stereocenters. The van der Waals surface area contributed by atoms with E-state index in [4.69, 9.17) is 5.73 Å². The summed E-state index contributed by atoms with van der Waals surface area (Å²) in [6.45, 7) is 0.380. The molecule has 0 radical (unpaired) electrons. The van der Waals surface area contributed by atoms with Gasteiger partial charge in [0.2, 0.25) is 5.91 Å². The molecule has 0 aromatic rings. The number of β-amino-alcohol motifs (C(OH)–C–C–N with tert-alkyl or cyclic N) is 1. The number of likely N-dealkylation sites (tertiary alicyclic amines) is 1. The van der Waals surface area contributed by atoms with E-state index in [1.165, 1.54) is 0 Å². The van der Waals surface area contributed by atoms with Crippen LogP contribution in [0.5, 0.6) is 0 Å². The van der Waals surface area contributed by atoms with E-state index in [0.29, 0.717) is 6.54 Å². The number of aliphatic hydroxyl groups excluding tert-OH is 2. The number of hydrogen-bond donors (Lipinski definition) is 3. The number of nitrogens with zero attached hydrogens (tertiary/aromatic N) is 1. The fourth-order valence-electron chi connectivity index (χ4n) is 1.63. The van der Waals surface area contributed by atoms with Gasteiger partial charge in [0.25, 0.3) is 0 Å². The van der Waals surface area contributed by atoms with Crippen LogP contribution in [0.2, 0.25) is 0 Å². The van der Waals surface area contributed by atoms with Gasteiger partial charge in [0.05, 0.1) is 12.2 Å². The smallest absolute Gasteiger partial charge is 0.237 e. The first-order valence-corrected chi connectivity index (χ1v) is 3.88. The maximum atomic E-state index is 10.8. The highest BCUT2D eigenvalue weighted by Crippen LogP contribution is 2.15. The van der Waals surface area contributed by atoms with Crippen LogP contribution < -0.4 is 5.73 Å². The monoisotopic (exact) mass is 174 g/mol. The second kappa shape index (κ2) is 3.38. The summed E-state index contributed by atoms with van der Waals surface area (Å²) in [6.07, 6.45) is -1.20. The number of piperidine rings is 1. The highest BCUT2D eigenvalue weighted by atomic mass is 16.3. The van der Waals surface area contributed by atoms with Crippen molar-refractivity contribution in [3.8, 4) is 0 Å². The van der Waals surface area contributed by atoms with Crippen molar-refractivity contribution in [2.75, 3.05) is 13.6 Å². The van der Waals surface area contributed by atoms with Crippen LogP contribution in [-0.2, 0) is 4.79 Å². The number of hydrogen-bond acceptors (Lipinski definition) is 4. The first-order chi connectivity index (χ1) is 5.52. The SMILES string of the molecule is CN1CC(O)CC(O)C1C(N)=O. The Kier molecular flexibility index (Phi) is 2.66. The topological polar surface area (TPSA) is 86.8 Å². The van der Waals surface area contributed by atoms with Crippen LogP contribution in [0, 0.1) is 0 Å². The van der Waals surface area contributed by atoms with Crippen molar-refractivity contribution >= 4 is 5.91 Å². The maximum Gasteiger partial charge on any atom is 0.237 e. The lowest BCUT2D eigenvalue weighted by atomic mass is 9.97. The first kappa shape index (κ1) is 9.44.